The molecule has 0 radical (unpaired) electrons. The third-order valence-corrected chi connectivity index (χ3v) is 4.68. The summed E-state index contributed by atoms with van der Waals surface area (Å²) in [5, 5.41) is 0. The number of rotatable bonds is 5. The summed E-state index contributed by atoms with van der Waals surface area (Å²) in [7, 11) is 0. The lowest BCUT2D eigenvalue weighted by Gasteiger charge is -2.29. The second kappa shape index (κ2) is 7.38. The maximum Gasteiger partial charge on any atom is 0.387 e. The maximum absolute atomic E-state index is 12.1. The number of nitrogens with zero attached hydrogens (tertiary/aromatic N) is 1. The van der Waals surface area contributed by atoms with Crippen LogP contribution < -0.4 is 4.74 Å². The van der Waals surface area contributed by atoms with Gasteiger partial charge in [-0.2, -0.15) is 8.78 Å². The fourth-order valence-electron chi connectivity index (χ4n) is 2.87. The Balaban J connectivity index is 1.64. The van der Waals surface area contributed by atoms with Crippen molar-refractivity contribution in [3.05, 3.63) is 59.2 Å². The molecule has 0 aliphatic carbocycles. The molecule has 1 atom stereocenters. The van der Waals surface area contributed by atoms with Crippen LogP contribution in [0.1, 0.15) is 16.7 Å². The number of hydrogen-bond donors (Lipinski definition) is 1. The molecule has 1 aliphatic heterocycles. The minimum atomic E-state index is -2.81. The first-order valence-corrected chi connectivity index (χ1v) is 8.61. The molecule has 1 heterocycles. The van der Waals surface area contributed by atoms with Gasteiger partial charge in [0.1, 0.15) is 5.75 Å². The first kappa shape index (κ1) is 17.0. The molecule has 0 aromatic heterocycles. The quantitative estimate of drug-likeness (QED) is 0.837. The number of halogens is 2. The number of hydrogen-bond acceptors (Lipinski definition) is 3. The molecule has 7 heteroatoms. The summed E-state index contributed by atoms with van der Waals surface area (Å²) in [6, 6.07) is 12.0. The third kappa shape index (κ3) is 4.17. The van der Waals surface area contributed by atoms with Crippen molar-refractivity contribution < 1.29 is 22.3 Å². The van der Waals surface area contributed by atoms with E-state index in [0.29, 0.717) is 11.4 Å². The molecular formula is C17H17F2NO3S. The van der Waals surface area contributed by atoms with E-state index in [4.69, 9.17) is 4.55 Å². The van der Waals surface area contributed by atoms with Crippen LogP contribution in [-0.4, -0.2) is 26.8 Å². The molecule has 2 aromatic carbocycles. The summed E-state index contributed by atoms with van der Waals surface area (Å²) in [6.45, 7) is -0.512. The van der Waals surface area contributed by atoms with Crippen LogP contribution in [0.4, 0.5) is 8.78 Å². The van der Waals surface area contributed by atoms with Crippen LogP contribution in [0.2, 0.25) is 0 Å². The van der Waals surface area contributed by atoms with Crippen molar-refractivity contribution in [1.29, 1.82) is 0 Å². The van der Waals surface area contributed by atoms with E-state index < -0.39 is 17.7 Å². The van der Waals surface area contributed by atoms with Gasteiger partial charge in [0.15, 0.2) is 11.1 Å². The summed E-state index contributed by atoms with van der Waals surface area (Å²) < 4.78 is 48.9. The predicted molar refractivity (Wildman–Crippen MR) is 86.4 cm³/mol. The highest BCUT2D eigenvalue weighted by Gasteiger charge is 2.17. The Morgan fingerprint density at radius 1 is 1.17 bits per heavy atom. The van der Waals surface area contributed by atoms with Gasteiger partial charge >= 0.3 is 6.61 Å². The van der Waals surface area contributed by atoms with Crippen molar-refractivity contribution in [2.45, 2.75) is 31.0 Å². The SMILES string of the molecule is O=S(O)c1ccc2c(c1)CCN(Cc1ccc(OC(F)F)cc1)C2. The van der Waals surface area contributed by atoms with Crippen molar-refractivity contribution >= 4 is 11.1 Å². The smallest absolute Gasteiger partial charge is 0.387 e. The Labute approximate surface area is 141 Å². The van der Waals surface area contributed by atoms with E-state index in [1.165, 1.54) is 0 Å². The molecule has 2 aromatic rings. The standard InChI is InChI=1S/C17H17F2NO3S/c18-17(19)23-15-4-1-12(2-5-15)10-20-8-7-13-9-16(24(21)22)6-3-14(13)11-20/h1-6,9,17H,7-8,10-11H2,(H,21,22). The number of fused-ring (bicyclic) bond motifs is 1. The average Bonchev–Trinajstić information content (AvgIpc) is 2.55. The Morgan fingerprint density at radius 3 is 2.58 bits per heavy atom. The summed E-state index contributed by atoms with van der Waals surface area (Å²) in [5.41, 5.74) is 3.27. The van der Waals surface area contributed by atoms with Gasteiger partial charge in [-0.1, -0.05) is 18.2 Å². The molecule has 3 rings (SSSR count). The van der Waals surface area contributed by atoms with Crippen molar-refractivity contribution in [2.75, 3.05) is 6.54 Å². The van der Waals surface area contributed by atoms with Crippen molar-refractivity contribution in [3.63, 3.8) is 0 Å². The first-order valence-electron chi connectivity index (χ1n) is 7.50. The Morgan fingerprint density at radius 2 is 1.92 bits per heavy atom. The highest BCUT2D eigenvalue weighted by molar-refractivity contribution is 7.79. The van der Waals surface area contributed by atoms with Crippen LogP contribution in [0.5, 0.6) is 5.75 Å². The molecule has 1 unspecified atom stereocenters. The summed E-state index contributed by atoms with van der Waals surface area (Å²) in [5.74, 6) is 0.155. The fourth-order valence-corrected chi connectivity index (χ4v) is 3.29. The third-order valence-electron chi connectivity index (χ3n) is 4.03. The molecule has 0 saturated heterocycles. The predicted octanol–water partition coefficient (Wildman–Crippen LogP) is 3.43. The van der Waals surface area contributed by atoms with E-state index in [0.717, 1.165) is 36.2 Å². The molecule has 0 fully saturated rings. The van der Waals surface area contributed by atoms with Gasteiger partial charge < -0.3 is 9.29 Å². The lowest BCUT2D eigenvalue weighted by Crippen LogP contribution is -2.30. The Kier molecular flexibility index (Phi) is 5.23. The highest BCUT2D eigenvalue weighted by atomic mass is 32.2. The van der Waals surface area contributed by atoms with Crippen LogP contribution in [-0.2, 0) is 30.6 Å². The van der Waals surface area contributed by atoms with Gasteiger partial charge in [-0.3, -0.25) is 4.90 Å². The minimum absolute atomic E-state index is 0.155. The summed E-state index contributed by atoms with van der Waals surface area (Å²) in [6.07, 6.45) is 0.812. The molecule has 24 heavy (non-hydrogen) atoms. The molecule has 0 saturated carbocycles. The van der Waals surface area contributed by atoms with Gasteiger partial charge in [0, 0.05) is 19.6 Å². The Hall–Kier alpha value is -1.83. The van der Waals surface area contributed by atoms with E-state index in [1.807, 2.05) is 6.07 Å². The van der Waals surface area contributed by atoms with E-state index in [-0.39, 0.29) is 5.75 Å². The van der Waals surface area contributed by atoms with Crippen LogP contribution in [0.15, 0.2) is 47.4 Å². The van der Waals surface area contributed by atoms with Gasteiger partial charge in [0.2, 0.25) is 0 Å². The first-order chi connectivity index (χ1) is 11.5. The van der Waals surface area contributed by atoms with Gasteiger partial charge in [-0.15, -0.1) is 0 Å². The zero-order valence-corrected chi connectivity index (χ0v) is 13.6. The molecule has 0 amide bonds. The van der Waals surface area contributed by atoms with Crippen molar-refractivity contribution in [2.24, 2.45) is 0 Å². The number of ether oxygens (including phenoxy) is 1. The topological polar surface area (TPSA) is 49.8 Å². The van der Waals surface area contributed by atoms with Gasteiger partial charge in [-0.05, 0) is 47.4 Å². The molecule has 128 valence electrons. The Bertz CT molecular complexity index is 737. The van der Waals surface area contributed by atoms with Crippen molar-refractivity contribution in [1.82, 2.24) is 4.90 Å². The maximum atomic E-state index is 12.1. The molecular weight excluding hydrogens is 336 g/mol. The van der Waals surface area contributed by atoms with E-state index >= 15 is 0 Å². The highest BCUT2D eigenvalue weighted by Crippen LogP contribution is 2.23. The summed E-state index contributed by atoms with van der Waals surface area (Å²) in [4.78, 5) is 2.68. The fraction of sp³-hybridized carbons (Fsp3) is 0.294. The zero-order chi connectivity index (χ0) is 17.1. The average molecular weight is 353 g/mol. The zero-order valence-electron chi connectivity index (χ0n) is 12.8. The van der Waals surface area contributed by atoms with Gasteiger partial charge in [0.25, 0.3) is 0 Å². The molecule has 4 nitrogen and oxygen atoms in total. The molecule has 1 aliphatic rings. The van der Waals surface area contributed by atoms with Crippen LogP contribution in [0, 0.1) is 0 Å². The van der Waals surface area contributed by atoms with E-state index in [1.54, 1.807) is 36.4 Å². The summed E-state index contributed by atoms with van der Waals surface area (Å²) >= 11 is -1.95. The normalized spacial score (nSPS) is 16.0. The second-order valence-electron chi connectivity index (χ2n) is 5.66. The lowest BCUT2D eigenvalue weighted by molar-refractivity contribution is -0.0498. The van der Waals surface area contributed by atoms with Gasteiger partial charge in [-0.25, -0.2) is 4.21 Å². The van der Waals surface area contributed by atoms with Gasteiger partial charge in [0.05, 0.1) is 4.90 Å². The van der Waals surface area contributed by atoms with Crippen LogP contribution in [0.25, 0.3) is 0 Å². The lowest BCUT2D eigenvalue weighted by atomic mass is 9.99. The second-order valence-corrected chi connectivity index (χ2v) is 6.63. The number of benzene rings is 2. The van der Waals surface area contributed by atoms with Crippen molar-refractivity contribution in [3.8, 4) is 5.75 Å². The van der Waals surface area contributed by atoms with E-state index in [2.05, 4.69) is 9.64 Å². The molecule has 0 spiro atoms. The minimum Gasteiger partial charge on any atom is -0.435 e. The monoisotopic (exact) mass is 353 g/mol. The largest absolute Gasteiger partial charge is 0.435 e. The molecule has 1 N–H and O–H groups in total. The van der Waals surface area contributed by atoms with Crippen LogP contribution in [0.3, 0.4) is 0 Å². The van der Waals surface area contributed by atoms with E-state index in [9.17, 15) is 13.0 Å². The molecule has 0 bridgehead atoms. The van der Waals surface area contributed by atoms with Crippen LogP contribution >= 0.6 is 0 Å². The number of alkyl halides is 2.